The smallest absolute Gasteiger partial charge is 0.0702 e. The molecule has 13 heavy (non-hydrogen) atoms. The lowest BCUT2D eigenvalue weighted by atomic mass is 10.2. The number of hydrogen-bond acceptors (Lipinski definition) is 3. The highest BCUT2D eigenvalue weighted by Gasteiger charge is 2.53. The molecule has 2 N–H and O–H groups in total. The Kier molecular flexibility index (Phi) is 1.86. The Bertz CT molecular complexity index is 191. The molecule has 0 amide bonds. The van der Waals surface area contributed by atoms with E-state index in [1.54, 1.807) is 0 Å². The Balaban J connectivity index is 1.47. The van der Waals surface area contributed by atoms with Gasteiger partial charge in [-0.1, -0.05) is 0 Å². The summed E-state index contributed by atoms with van der Waals surface area (Å²) in [7, 11) is 0. The van der Waals surface area contributed by atoms with Crippen molar-refractivity contribution in [3.63, 3.8) is 0 Å². The summed E-state index contributed by atoms with van der Waals surface area (Å²) in [6, 6.07) is 0.528. The van der Waals surface area contributed by atoms with Gasteiger partial charge in [0.05, 0.1) is 6.10 Å². The van der Waals surface area contributed by atoms with Crippen LogP contribution in [0.4, 0.5) is 0 Å². The van der Waals surface area contributed by atoms with Gasteiger partial charge in [0.15, 0.2) is 0 Å². The predicted molar refractivity (Wildman–Crippen MR) is 50.4 cm³/mol. The minimum absolute atomic E-state index is 0.522. The molecular formula is C10H18N2O. The number of fused-ring (bicyclic) bond motifs is 1. The van der Waals surface area contributed by atoms with Gasteiger partial charge in [-0.3, -0.25) is 0 Å². The zero-order chi connectivity index (χ0) is 8.84. The summed E-state index contributed by atoms with van der Waals surface area (Å²) in [5, 5.41) is 0. The van der Waals surface area contributed by atoms with Gasteiger partial charge in [0.2, 0.25) is 0 Å². The highest BCUT2D eigenvalue weighted by atomic mass is 16.5. The molecule has 3 unspecified atom stereocenters. The van der Waals surface area contributed by atoms with Crippen molar-refractivity contribution >= 4 is 0 Å². The molecule has 3 nitrogen and oxygen atoms in total. The zero-order valence-electron chi connectivity index (χ0n) is 7.98. The summed E-state index contributed by atoms with van der Waals surface area (Å²) >= 11 is 0. The first-order valence-electron chi connectivity index (χ1n) is 5.44. The van der Waals surface area contributed by atoms with Crippen molar-refractivity contribution in [1.29, 1.82) is 0 Å². The van der Waals surface area contributed by atoms with Crippen LogP contribution in [-0.2, 0) is 4.74 Å². The van der Waals surface area contributed by atoms with E-state index >= 15 is 0 Å². The van der Waals surface area contributed by atoms with Gasteiger partial charge < -0.3 is 15.4 Å². The normalized spacial score (nSPS) is 49.6. The number of hydrogen-bond donors (Lipinski definition) is 1. The van der Waals surface area contributed by atoms with E-state index in [4.69, 9.17) is 10.5 Å². The van der Waals surface area contributed by atoms with Crippen LogP contribution < -0.4 is 5.73 Å². The van der Waals surface area contributed by atoms with Gasteiger partial charge in [0.1, 0.15) is 0 Å². The molecule has 0 aromatic heterocycles. The van der Waals surface area contributed by atoms with Gasteiger partial charge in [-0.05, 0) is 24.7 Å². The summed E-state index contributed by atoms with van der Waals surface area (Å²) in [6.07, 6.45) is 3.04. The number of piperidine rings is 1. The molecule has 0 radical (unpaired) electrons. The van der Waals surface area contributed by atoms with Crippen molar-refractivity contribution in [2.24, 2.45) is 17.6 Å². The fourth-order valence-corrected chi connectivity index (χ4v) is 2.89. The Morgan fingerprint density at radius 3 is 2.69 bits per heavy atom. The lowest BCUT2D eigenvalue weighted by molar-refractivity contribution is 0.0767. The summed E-state index contributed by atoms with van der Waals surface area (Å²) in [5.74, 6) is 1.64. The Morgan fingerprint density at radius 1 is 1.31 bits per heavy atom. The molecule has 74 valence electrons. The average molecular weight is 182 g/mol. The molecule has 0 bridgehead atoms. The number of nitrogens with zero attached hydrogens (tertiary/aromatic N) is 1. The molecular weight excluding hydrogens is 164 g/mol. The SMILES string of the molecule is NC1C2CN(CC3CCCO3)CC12. The summed E-state index contributed by atoms with van der Waals surface area (Å²) in [5.41, 5.74) is 5.88. The van der Waals surface area contributed by atoms with Gasteiger partial charge in [0, 0.05) is 32.3 Å². The first-order valence-corrected chi connectivity index (χ1v) is 5.44. The summed E-state index contributed by atoms with van der Waals surface area (Å²) < 4.78 is 5.62. The molecule has 1 saturated carbocycles. The second-order valence-corrected chi connectivity index (χ2v) is 4.76. The molecule has 3 rings (SSSR count). The first-order chi connectivity index (χ1) is 6.34. The van der Waals surface area contributed by atoms with Crippen LogP contribution in [0.15, 0.2) is 0 Å². The Hall–Kier alpha value is -0.120. The maximum Gasteiger partial charge on any atom is 0.0702 e. The molecule has 3 aliphatic rings. The van der Waals surface area contributed by atoms with E-state index in [0.717, 1.165) is 25.0 Å². The van der Waals surface area contributed by atoms with E-state index in [-0.39, 0.29) is 0 Å². The molecule has 0 aromatic rings. The Morgan fingerprint density at radius 2 is 2.08 bits per heavy atom. The van der Waals surface area contributed by atoms with Crippen molar-refractivity contribution in [1.82, 2.24) is 4.90 Å². The molecule has 0 aromatic carbocycles. The van der Waals surface area contributed by atoms with E-state index in [2.05, 4.69) is 4.90 Å². The third-order valence-corrected chi connectivity index (χ3v) is 3.82. The number of likely N-dealkylation sites (tertiary alicyclic amines) is 1. The number of nitrogens with two attached hydrogens (primary N) is 1. The molecule has 2 aliphatic heterocycles. The van der Waals surface area contributed by atoms with E-state index in [0.29, 0.717) is 12.1 Å². The van der Waals surface area contributed by atoms with Gasteiger partial charge in [-0.15, -0.1) is 0 Å². The van der Waals surface area contributed by atoms with Crippen molar-refractivity contribution in [2.45, 2.75) is 25.0 Å². The third kappa shape index (κ3) is 1.39. The largest absolute Gasteiger partial charge is 0.377 e. The lowest BCUT2D eigenvalue weighted by Gasteiger charge is -2.21. The van der Waals surface area contributed by atoms with Crippen LogP contribution in [0.2, 0.25) is 0 Å². The van der Waals surface area contributed by atoms with Gasteiger partial charge in [0.25, 0.3) is 0 Å². The summed E-state index contributed by atoms with van der Waals surface area (Å²) in [4.78, 5) is 2.54. The van der Waals surface area contributed by atoms with Crippen molar-refractivity contribution in [3.05, 3.63) is 0 Å². The first kappa shape index (κ1) is 8.21. The van der Waals surface area contributed by atoms with Crippen LogP contribution in [0, 0.1) is 11.8 Å². The van der Waals surface area contributed by atoms with Crippen LogP contribution >= 0.6 is 0 Å². The molecule has 1 aliphatic carbocycles. The highest BCUT2D eigenvalue weighted by Crippen LogP contribution is 2.43. The zero-order valence-corrected chi connectivity index (χ0v) is 7.98. The second kappa shape index (κ2) is 2.94. The monoisotopic (exact) mass is 182 g/mol. The average Bonchev–Trinajstić information content (AvgIpc) is 2.66. The fraction of sp³-hybridized carbons (Fsp3) is 1.00. The fourth-order valence-electron chi connectivity index (χ4n) is 2.89. The maximum atomic E-state index is 5.88. The number of rotatable bonds is 2. The van der Waals surface area contributed by atoms with E-state index in [1.807, 2.05) is 0 Å². The molecule has 3 atom stereocenters. The van der Waals surface area contributed by atoms with Gasteiger partial charge in [-0.2, -0.15) is 0 Å². The minimum Gasteiger partial charge on any atom is -0.377 e. The quantitative estimate of drug-likeness (QED) is 0.656. The van der Waals surface area contributed by atoms with E-state index in [1.165, 1.54) is 25.9 Å². The van der Waals surface area contributed by atoms with E-state index < -0.39 is 0 Å². The van der Waals surface area contributed by atoms with Crippen LogP contribution in [0.25, 0.3) is 0 Å². The molecule has 2 saturated heterocycles. The van der Waals surface area contributed by atoms with Crippen LogP contribution in [-0.4, -0.2) is 43.3 Å². The highest BCUT2D eigenvalue weighted by molar-refractivity contribution is 5.08. The van der Waals surface area contributed by atoms with Crippen LogP contribution in [0.5, 0.6) is 0 Å². The Labute approximate surface area is 79.2 Å². The van der Waals surface area contributed by atoms with Crippen molar-refractivity contribution in [3.8, 4) is 0 Å². The molecule has 2 heterocycles. The summed E-state index contributed by atoms with van der Waals surface area (Å²) in [6.45, 7) is 4.59. The molecule has 0 spiro atoms. The van der Waals surface area contributed by atoms with Crippen LogP contribution in [0.1, 0.15) is 12.8 Å². The molecule has 3 fully saturated rings. The molecule has 3 heteroatoms. The van der Waals surface area contributed by atoms with Crippen molar-refractivity contribution < 1.29 is 4.74 Å². The topological polar surface area (TPSA) is 38.5 Å². The van der Waals surface area contributed by atoms with Crippen molar-refractivity contribution in [2.75, 3.05) is 26.2 Å². The lowest BCUT2D eigenvalue weighted by Crippen LogP contribution is -2.34. The predicted octanol–water partition coefficient (Wildman–Crippen LogP) is 0.0543. The van der Waals surface area contributed by atoms with Crippen LogP contribution in [0.3, 0.4) is 0 Å². The minimum atomic E-state index is 0.522. The third-order valence-electron chi connectivity index (χ3n) is 3.82. The standard InChI is InChI=1S/C10H18N2O/c11-10-8-5-12(6-9(8)10)4-7-2-1-3-13-7/h7-10H,1-6,11H2. The number of ether oxygens (including phenoxy) is 1. The maximum absolute atomic E-state index is 5.88. The van der Waals surface area contributed by atoms with Gasteiger partial charge >= 0.3 is 0 Å². The second-order valence-electron chi connectivity index (χ2n) is 4.76. The van der Waals surface area contributed by atoms with Gasteiger partial charge in [-0.25, -0.2) is 0 Å². The van der Waals surface area contributed by atoms with E-state index in [9.17, 15) is 0 Å².